The maximum Gasteiger partial charge on any atom is 0.422 e. The number of nitrogens with zero attached hydrogens (tertiary/aromatic N) is 4. The highest BCUT2D eigenvalue weighted by Gasteiger charge is 2.45. The van der Waals surface area contributed by atoms with Gasteiger partial charge in [0.15, 0.2) is 6.61 Å². The van der Waals surface area contributed by atoms with Crippen molar-refractivity contribution in [2.24, 2.45) is 0 Å². The monoisotopic (exact) mass is 664 g/mol. The van der Waals surface area contributed by atoms with Gasteiger partial charge in [0.25, 0.3) is 0 Å². The Labute approximate surface area is 267 Å². The fourth-order valence-electron chi connectivity index (χ4n) is 4.25. The van der Waals surface area contributed by atoms with Gasteiger partial charge in [-0.2, -0.15) is 28.1 Å². The average molecular weight is 665 g/mol. The molecule has 2 aromatic carbocycles. The second-order valence-electron chi connectivity index (χ2n) is 10.5. The molecule has 0 aliphatic heterocycles. The summed E-state index contributed by atoms with van der Waals surface area (Å²) in [5.74, 6) is -2.16. The molecule has 17 heteroatoms. The molecule has 1 unspecified atom stereocenters. The van der Waals surface area contributed by atoms with Crippen molar-refractivity contribution in [2.45, 2.75) is 37.0 Å². The fraction of sp³-hybridized carbons (Fsp3) is 0.379. The van der Waals surface area contributed by atoms with Crippen LogP contribution in [-0.4, -0.2) is 84.2 Å². The number of carbonyl (C=O) groups excluding carboxylic acids is 3. The zero-order valence-corrected chi connectivity index (χ0v) is 25.8. The summed E-state index contributed by atoms with van der Waals surface area (Å²) < 4.78 is 48.3. The molecule has 0 spiro atoms. The molecule has 4 rings (SSSR count). The minimum atomic E-state index is -4.60. The second kappa shape index (κ2) is 14.5. The van der Waals surface area contributed by atoms with Gasteiger partial charge in [-0.05, 0) is 61.2 Å². The maximum absolute atomic E-state index is 12.9. The minimum absolute atomic E-state index is 0.0145. The highest BCUT2D eigenvalue weighted by Crippen LogP contribution is 2.48. The Bertz CT molecular complexity index is 1540. The fourth-order valence-corrected chi connectivity index (χ4v) is 4.38. The molecule has 2 amide bonds. The lowest BCUT2D eigenvalue weighted by atomic mass is 10.1. The molecule has 1 fully saturated rings. The standard InChI is InChI=1S/C29H32ClF3N8O5/c1-41(2)23(43)22(42)34-15-12-21(24(44)45-3)35-19-8-10-20(11-9-19)36-25-37-26(39-27(38-25)46-16-29(31,32)33)40-28(13-14-28)17-4-6-18(30)7-5-17/h4-11,21,35H,12-16H2,1-3H3,(H,34,42)(H2,36,37,38,39,40). The molecule has 0 radical (unpaired) electrons. The van der Waals surface area contributed by atoms with Crippen LogP contribution in [0.3, 0.4) is 0 Å². The third-order valence-corrected chi connectivity index (χ3v) is 7.02. The van der Waals surface area contributed by atoms with E-state index in [-0.39, 0.29) is 24.9 Å². The molecule has 46 heavy (non-hydrogen) atoms. The quantitative estimate of drug-likeness (QED) is 0.155. The first kappa shape index (κ1) is 34.0. The first-order chi connectivity index (χ1) is 21.8. The van der Waals surface area contributed by atoms with Crippen LogP contribution in [0.2, 0.25) is 5.02 Å². The highest BCUT2D eigenvalue weighted by molar-refractivity contribution is 6.34. The number of aromatic nitrogens is 3. The predicted molar refractivity (Wildman–Crippen MR) is 163 cm³/mol. The summed E-state index contributed by atoms with van der Waals surface area (Å²) in [4.78, 5) is 49.5. The van der Waals surface area contributed by atoms with Crippen LogP contribution < -0.4 is 26.0 Å². The molecule has 4 N–H and O–H groups in total. The lowest BCUT2D eigenvalue weighted by Gasteiger charge is -2.19. The Morgan fingerprint density at radius 3 is 2.20 bits per heavy atom. The number of hydrogen-bond acceptors (Lipinski definition) is 11. The number of likely N-dealkylation sites (N-methyl/N-ethyl adjacent to an activating group) is 1. The number of ether oxygens (including phenoxy) is 2. The highest BCUT2D eigenvalue weighted by atomic mass is 35.5. The molecule has 13 nitrogen and oxygen atoms in total. The van der Waals surface area contributed by atoms with Crippen LogP contribution in [0.5, 0.6) is 6.01 Å². The van der Waals surface area contributed by atoms with Gasteiger partial charge >= 0.3 is 30.0 Å². The van der Waals surface area contributed by atoms with Gasteiger partial charge in [-0.15, -0.1) is 0 Å². The first-order valence-corrected chi connectivity index (χ1v) is 14.4. The summed E-state index contributed by atoms with van der Waals surface area (Å²) >= 11 is 6.02. The van der Waals surface area contributed by atoms with Crippen LogP contribution in [0.25, 0.3) is 0 Å². The van der Waals surface area contributed by atoms with Crippen LogP contribution in [0.4, 0.5) is 36.4 Å². The molecule has 0 bridgehead atoms. The summed E-state index contributed by atoms with van der Waals surface area (Å²) in [6, 6.07) is 12.3. The van der Waals surface area contributed by atoms with E-state index < -0.39 is 48.2 Å². The summed E-state index contributed by atoms with van der Waals surface area (Å²) in [6.07, 6.45) is -3.00. The van der Waals surface area contributed by atoms with Gasteiger partial charge < -0.3 is 35.6 Å². The second-order valence-corrected chi connectivity index (χ2v) is 11.0. The van der Waals surface area contributed by atoms with E-state index in [0.29, 0.717) is 16.4 Å². The van der Waals surface area contributed by atoms with Gasteiger partial charge in [0.1, 0.15) is 6.04 Å². The summed E-state index contributed by atoms with van der Waals surface area (Å²) in [5.41, 5.74) is 1.39. The number of nitrogens with one attached hydrogen (secondary N) is 4. The number of alkyl halides is 3. The molecule has 1 saturated carbocycles. The Kier molecular flexibility index (Phi) is 10.7. The number of rotatable bonds is 13. The number of anilines is 4. The Balaban J connectivity index is 1.46. The van der Waals surface area contributed by atoms with Crippen molar-refractivity contribution >= 4 is 52.7 Å². The predicted octanol–water partition coefficient (Wildman–Crippen LogP) is 3.86. The number of benzene rings is 2. The Hall–Kier alpha value is -4.86. The average Bonchev–Trinajstić information content (AvgIpc) is 3.79. The number of methoxy groups -OCH3 is 1. The lowest BCUT2D eigenvalue weighted by molar-refractivity contribution is -0.154. The molecular weight excluding hydrogens is 633 g/mol. The molecule has 3 aromatic rings. The van der Waals surface area contributed by atoms with Gasteiger partial charge in [0.05, 0.1) is 12.6 Å². The van der Waals surface area contributed by atoms with Crippen molar-refractivity contribution in [1.82, 2.24) is 25.2 Å². The van der Waals surface area contributed by atoms with E-state index in [1.165, 1.54) is 21.2 Å². The van der Waals surface area contributed by atoms with Crippen LogP contribution in [-0.2, 0) is 24.7 Å². The molecule has 1 aliphatic carbocycles. The SMILES string of the molecule is COC(=O)C(CCNC(=O)C(=O)N(C)C)Nc1ccc(Nc2nc(NC3(c4ccc(Cl)cc4)CC3)nc(OCC(F)(F)F)n2)cc1. The van der Waals surface area contributed by atoms with Gasteiger partial charge in [0, 0.05) is 37.0 Å². The van der Waals surface area contributed by atoms with Gasteiger partial charge in [-0.1, -0.05) is 23.7 Å². The largest absolute Gasteiger partial charge is 0.467 e. The van der Waals surface area contributed by atoms with Gasteiger partial charge in [-0.3, -0.25) is 9.59 Å². The Morgan fingerprint density at radius 1 is 0.978 bits per heavy atom. The van der Waals surface area contributed by atoms with E-state index in [0.717, 1.165) is 23.3 Å². The van der Waals surface area contributed by atoms with Crippen molar-refractivity contribution < 1.29 is 37.0 Å². The van der Waals surface area contributed by atoms with E-state index in [1.807, 2.05) is 12.1 Å². The third-order valence-electron chi connectivity index (χ3n) is 6.76. The number of esters is 1. The molecule has 1 aromatic heterocycles. The summed E-state index contributed by atoms with van der Waals surface area (Å²) in [5, 5.41) is 12.2. The smallest absolute Gasteiger partial charge is 0.422 e. The van der Waals surface area contributed by atoms with E-state index >= 15 is 0 Å². The van der Waals surface area contributed by atoms with Crippen LogP contribution >= 0.6 is 11.6 Å². The van der Waals surface area contributed by atoms with E-state index in [4.69, 9.17) is 21.1 Å². The zero-order chi connectivity index (χ0) is 33.5. The minimum Gasteiger partial charge on any atom is -0.467 e. The number of halogens is 4. The summed E-state index contributed by atoms with van der Waals surface area (Å²) in [6.45, 7) is -1.56. The van der Waals surface area contributed by atoms with Gasteiger partial charge in [0.2, 0.25) is 11.9 Å². The summed E-state index contributed by atoms with van der Waals surface area (Å²) in [7, 11) is 4.12. The van der Waals surface area contributed by atoms with Crippen LogP contribution in [0.15, 0.2) is 48.5 Å². The molecule has 0 saturated heterocycles. The van der Waals surface area contributed by atoms with Crippen molar-refractivity contribution in [1.29, 1.82) is 0 Å². The van der Waals surface area contributed by atoms with E-state index in [1.54, 1.807) is 36.4 Å². The van der Waals surface area contributed by atoms with Crippen molar-refractivity contribution in [2.75, 3.05) is 50.3 Å². The topological polar surface area (TPSA) is 160 Å². The maximum atomic E-state index is 12.9. The van der Waals surface area contributed by atoms with Crippen molar-refractivity contribution in [3.05, 3.63) is 59.1 Å². The molecular formula is C29H32ClF3N8O5. The van der Waals surface area contributed by atoms with Gasteiger partial charge in [-0.25, -0.2) is 4.79 Å². The normalized spacial score (nSPS) is 14.0. The third kappa shape index (κ3) is 9.57. The first-order valence-electron chi connectivity index (χ1n) is 14.0. The zero-order valence-electron chi connectivity index (χ0n) is 25.1. The molecule has 1 heterocycles. The molecule has 1 aliphatic rings. The lowest BCUT2D eigenvalue weighted by Crippen LogP contribution is -2.41. The molecule has 246 valence electrons. The van der Waals surface area contributed by atoms with Crippen molar-refractivity contribution in [3.8, 4) is 6.01 Å². The number of carbonyl (C=O) groups is 3. The number of amides is 2. The molecule has 1 atom stereocenters. The number of hydrogen-bond donors (Lipinski definition) is 4. The van der Waals surface area contributed by atoms with E-state index in [2.05, 4.69) is 36.2 Å². The van der Waals surface area contributed by atoms with Crippen LogP contribution in [0.1, 0.15) is 24.8 Å². The van der Waals surface area contributed by atoms with E-state index in [9.17, 15) is 27.6 Å². The van der Waals surface area contributed by atoms with Crippen molar-refractivity contribution in [3.63, 3.8) is 0 Å². The Morgan fingerprint density at radius 2 is 1.61 bits per heavy atom. The van der Waals surface area contributed by atoms with Crippen LogP contribution in [0, 0.1) is 0 Å².